The minimum Gasteiger partial charge on any atom is -0.377 e. The fourth-order valence-corrected chi connectivity index (χ4v) is 3.95. The van der Waals surface area contributed by atoms with Crippen LogP contribution in [0.15, 0.2) is 48.0 Å². The highest BCUT2D eigenvalue weighted by Gasteiger charge is 2.15. The quantitative estimate of drug-likeness (QED) is 0.478. The molecule has 3 aromatic heterocycles. The van der Waals surface area contributed by atoms with Gasteiger partial charge in [-0.05, 0) is 23.6 Å². The fourth-order valence-electron chi connectivity index (χ4n) is 2.85. The van der Waals surface area contributed by atoms with E-state index in [1.165, 1.54) is 4.88 Å². The number of hydrogen-bond acceptors (Lipinski definition) is 5. The molecule has 0 aliphatic heterocycles. The number of thiophene rings is 1. The number of anilines is 1. The Kier molecular flexibility index (Phi) is 5.21. The Morgan fingerprint density at radius 2 is 2.11 bits per heavy atom. The Morgan fingerprint density at radius 1 is 1.25 bits per heavy atom. The standard InChI is InChI=1S/C19H15Cl2N5OS/c1-22-19(27)13-5-4-11(7-14(13)20)16-10-24-18-15(8-17(21)25-26(16)18)23-9-12-3-2-6-28-12/h2-8,10,23H,9H2,1H3,(H,22,27). The molecule has 0 saturated carbocycles. The molecular formula is C19H15Cl2N5OS. The summed E-state index contributed by atoms with van der Waals surface area (Å²) in [4.78, 5) is 17.6. The van der Waals surface area contributed by atoms with Crippen LogP contribution in [0.5, 0.6) is 0 Å². The zero-order valence-corrected chi connectivity index (χ0v) is 17.1. The summed E-state index contributed by atoms with van der Waals surface area (Å²) >= 11 is 14.2. The van der Waals surface area contributed by atoms with Crippen molar-refractivity contribution in [2.24, 2.45) is 0 Å². The number of hydrogen-bond donors (Lipinski definition) is 2. The van der Waals surface area contributed by atoms with Crippen molar-refractivity contribution in [3.05, 3.63) is 68.6 Å². The average Bonchev–Trinajstić information content (AvgIpc) is 3.35. The lowest BCUT2D eigenvalue weighted by molar-refractivity contribution is 0.0963. The van der Waals surface area contributed by atoms with E-state index in [9.17, 15) is 4.79 Å². The van der Waals surface area contributed by atoms with Gasteiger partial charge in [-0.2, -0.15) is 5.10 Å². The van der Waals surface area contributed by atoms with E-state index in [0.29, 0.717) is 27.9 Å². The second kappa shape index (κ2) is 7.79. The number of amides is 1. The molecule has 6 nitrogen and oxygen atoms in total. The smallest absolute Gasteiger partial charge is 0.252 e. The highest BCUT2D eigenvalue weighted by Crippen LogP contribution is 2.29. The number of fused-ring (bicyclic) bond motifs is 1. The normalized spacial score (nSPS) is 11.0. The van der Waals surface area contributed by atoms with Crippen LogP contribution >= 0.6 is 34.5 Å². The Morgan fingerprint density at radius 3 is 2.82 bits per heavy atom. The number of carbonyl (C=O) groups is 1. The van der Waals surface area contributed by atoms with Crippen molar-refractivity contribution in [3.63, 3.8) is 0 Å². The summed E-state index contributed by atoms with van der Waals surface area (Å²) in [5.41, 5.74) is 3.35. The number of rotatable bonds is 5. The van der Waals surface area contributed by atoms with Crippen molar-refractivity contribution in [3.8, 4) is 11.3 Å². The number of carbonyl (C=O) groups excluding carboxylic acids is 1. The molecule has 142 valence electrons. The van der Waals surface area contributed by atoms with Crippen molar-refractivity contribution in [1.82, 2.24) is 19.9 Å². The lowest BCUT2D eigenvalue weighted by atomic mass is 10.1. The third kappa shape index (κ3) is 3.56. The summed E-state index contributed by atoms with van der Waals surface area (Å²) in [6, 6.07) is 11.0. The van der Waals surface area contributed by atoms with Crippen LogP contribution in [0.2, 0.25) is 10.2 Å². The summed E-state index contributed by atoms with van der Waals surface area (Å²) < 4.78 is 1.67. The number of aromatic nitrogens is 3. The SMILES string of the molecule is CNC(=O)c1ccc(-c2cnc3c(NCc4cccs4)cc(Cl)nn23)cc1Cl. The van der Waals surface area contributed by atoms with Crippen molar-refractivity contribution in [2.75, 3.05) is 12.4 Å². The van der Waals surface area contributed by atoms with E-state index in [0.717, 1.165) is 16.9 Å². The molecule has 0 fully saturated rings. The van der Waals surface area contributed by atoms with Crippen LogP contribution in [-0.4, -0.2) is 27.6 Å². The molecule has 28 heavy (non-hydrogen) atoms. The van der Waals surface area contributed by atoms with Crippen LogP contribution in [0, 0.1) is 0 Å². The molecule has 0 spiro atoms. The highest BCUT2D eigenvalue weighted by molar-refractivity contribution is 7.09. The molecule has 1 amide bonds. The molecule has 0 aliphatic rings. The Hall–Kier alpha value is -2.61. The van der Waals surface area contributed by atoms with Gasteiger partial charge in [-0.3, -0.25) is 4.79 Å². The van der Waals surface area contributed by atoms with Crippen molar-refractivity contribution < 1.29 is 4.79 Å². The average molecular weight is 432 g/mol. The van der Waals surface area contributed by atoms with Gasteiger partial charge in [0.2, 0.25) is 0 Å². The molecule has 3 heterocycles. The zero-order valence-electron chi connectivity index (χ0n) is 14.7. The van der Waals surface area contributed by atoms with Crippen LogP contribution in [-0.2, 0) is 6.54 Å². The second-order valence-corrected chi connectivity index (χ2v) is 7.79. The first-order chi connectivity index (χ1) is 13.6. The van der Waals surface area contributed by atoms with E-state index in [1.54, 1.807) is 53.4 Å². The topological polar surface area (TPSA) is 71.3 Å². The predicted molar refractivity (Wildman–Crippen MR) is 113 cm³/mol. The summed E-state index contributed by atoms with van der Waals surface area (Å²) in [5, 5.41) is 13.0. The molecule has 0 aliphatic carbocycles. The maximum absolute atomic E-state index is 11.9. The lowest BCUT2D eigenvalue weighted by Gasteiger charge is -2.09. The van der Waals surface area contributed by atoms with E-state index < -0.39 is 0 Å². The third-order valence-electron chi connectivity index (χ3n) is 4.21. The molecular weight excluding hydrogens is 417 g/mol. The number of nitrogens with one attached hydrogen (secondary N) is 2. The van der Waals surface area contributed by atoms with Crippen molar-refractivity contribution in [2.45, 2.75) is 6.54 Å². The van der Waals surface area contributed by atoms with Gasteiger partial charge in [0.1, 0.15) is 0 Å². The zero-order chi connectivity index (χ0) is 19.7. The Bertz CT molecular complexity index is 1160. The summed E-state index contributed by atoms with van der Waals surface area (Å²) in [6.07, 6.45) is 1.71. The molecule has 0 radical (unpaired) electrons. The van der Waals surface area contributed by atoms with E-state index in [2.05, 4.69) is 26.8 Å². The first kappa shape index (κ1) is 18.7. The third-order valence-corrected chi connectivity index (χ3v) is 5.58. The van der Waals surface area contributed by atoms with Crippen LogP contribution in [0.1, 0.15) is 15.2 Å². The van der Waals surface area contributed by atoms with Gasteiger partial charge >= 0.3 is 0 Å². The van der Waals surface area contributed by atoms with E-state index in [4.69, 9.17) is 23.2 Å². The second-order valence-electron chi connectivity index (χ2n) is 5.97. The molecule has 4 rings (SSSR count). The maximum Gasteiger partial charge on any atom is 0.252 e. The largest absolute Gasteiger partial charge is 0.377 e. The van der Waals surface area contributed by atoms with Gasteiger partial charge in [0.05, 0.1) is 28.2 Å². The molecule has 0 atom stereocenters. The Balaban J connectivity index is 1.73. The van der Waals surface area contributed by atoms with Crippen LogP contribution in [0.25, 0.3) is 16.9 Å². The number of nitrogens with zero attached hydrogens (tertiary/aromatic N) is 3. The number of halogens is 2. The van der Waals surface area contributed by atoms with Gasteiger partial charge in [0, 0.05) is 30.1 Å². The predicted octanol–water partition coefficient (Wildman–Crippen LogP) is 4.74. The number of imidazole rings is 1. The Labute approximate surface area is 175 Å². The van der Waals surface area contributed by atoms with Gasteiger partial charge in [0.15, 0.2) is 10.8 Å². The maximum atomic E-state index is 11.9. The van der Waals surface area contributed by atoms with E-state index >= 15 is 0 Å². The van der Waals surface area contributed by atoms with Gasteiger partial charge in [-0.25, -0.2) is 9.50 Å². The van der Waals surface area contributed by atoms with Gasteiger partial charge in [-0.15, -0.1) is 11.3 Å². The van der Waals surface area contributed by atoms with Gasteiger partial charge < -0.3 is 10.6 Å². The van der Waals surface area contributed by atoms with Gasteiger partial charge in [-0.1, -0.05) is 35.3 Å². The van der Waals surface area contributed by atoms with Crippen LogP contribution in [0.4, 0.5) is 5.69 Å². The number of benzene rings is 1. The van der Waals surface area contributed by atoms with Crippen molar-refractivity contribution in [1.29, 1.82) is 0 Å². The van der Waals surface area contributed by atoms with Crippen LogP contribution in [0.3, 0.4) is 0 Å². The van der Waals surface area contributed by atoms with E-state index in [1.807, 2.05) is 11.4 Å². The molecule has 0 bridgehead atoms. The van der Waals surface area contributed by atoms with Crippen LogP contribution < -0.4 is 10.6 Å². The summed E-state index contributed by atoms with van der Waals surface area (Å²) in [7, 11) is 1.56. The molecule has 9 heteroatoms. The highest BCUT2D eigenvalue weighted by atomic mass is 35.5. The minimum atomic E-state index is -0.240. The van der Waals surface area contributed by atoms with Crippen molar-refractivity contribution >= 4 is 51.8 Å². The minimum absolute atomic E-state index is 0.240. The molecule has 0 saturated heterocycles. The first-order valence-corrected chi connectivity index (χ1v) is 10.0. The molecule has 2 N–H and O–H groups in total. The van der Waals surface area contributed by atoms with Gasteiger partial charge in [0.25, 0.3) is 5.91 Å². The molecule has 1 aromatic carbocycles. The van der Waals surface area contributed by atoms with E-state index in [-0.39, 0.29) is 5.91 Å². The lowest BCUT2D eigenvalue weighted by Crippen LogP contribution is -2.18. The fraction of sp³-hybridized carbons (Fsp3) is 0.105. The molecule has 4 aromatic rings. The molecule has 0 unspecified atom stereocenters. The summed E-state index contributed by atoms with van der Waals surface area (Å²) in [6.45, 7) is 0.669. The first-order valence-electron chi connectivity index (χ1n) is 8.39. The summed E-state index contributed by atoms with van der Waals surface area (Å²) in [5.74, 6) is -0.240. The monoisotopic (exact) mass is 431 g/mol.